The first-order valence-electron chi connectivity index (χ1n) is 13.3. The standard InChI is InChI=1S/C35H29Cl2N3/c1-23-20-24(2)34(25(3)21-23)40-31-14-8-7-13-30(31)38-35(40)27-16-18-28(19-17-27)39(22-26-10-5-4-6-11-26)32-15-9-12-29(36)33(32)37/h4-21H,22H2,1-3H3. The topological polar surface area (TPSA) is 21.1 Å². The molecular weight excluding hydrogens is 533 g/mol. The van der Waals surface area contributed by atoms with Crippen LogP contribution in [0.1, 0.15) is 22.3 Å². The number of anilines is 2. The smallest absolute Gasteiger partial charge is 0.145 e. The van der Waals surface area contributed by atoms with Crippen molar-refractivity contribution in [2.24, 2.45) is 0 Å². The Bertz CT molecular complexity index is 1800. The molecule has 40 heavy (non-hydrogen) atoms. The van der Waals surface area contributed by atoms with Gasteiger partial charge in [-0.2, -0.15) is 0 Å². The molecule has 0 bridgehead atoms. The fourth-order valence-electron chi connectivity index (χ4n) is 5.54. The number of aromatic nitrogens is 2. The summed E-state index contributed by atoms with van der Waals surface area (Å²) >= 11 is 13.2. The van der Waals surface area contributed by atoms with Crippen LogP contribution >= 0.6 is 23.2 Å². The third-order valence-electron chi connectivity index (χ3n) is 7.26. The highest BCUT2D eigenvalue weighted by Crippen LogP contribution is 2.39. The van der Waals surface area contributed by atoms with Gasteiger partial charge >= 0.3 is 0 Å². The number of halogens is 2. The average Bonchev–Trinajstić information content (AvgIpc) is 3.33. The first kappa shape index (κ1) is 26.2. The fraction of sp³-hybridized carbons (Fsp3) is 0.114. The zero-order valence-electron chi connectivity index (χ0n) is 22.7. The molecule has 0 amide bonds. The van der Waals surface area contributed by atoms with Gasteiger partial charge in [0.1, 0.15) is 5.82 Å². The maximum absolute atomic E-state index is 6.72. The summed E-state index contributed by atoms with van der Waals surface area (Å²) in [6.07, 6.45) is 0. The summed E-state index contributed by atoms with van der Waals surface area (Å²) in [6, 6.07) is 37.5. The maximum atomic E-state index is 6.72. The van der Waals surface area contributed by atoms with E-state index in [-0.39, 0.29) is 0 Å². The lowest BCUT2D eigenvalue weighted by molar-refractivity contribution is 0.975. The van der Waals surface area contributed by atoms with Crippen LogP contribution in [0.5, 0.6) is 0 Å². The average molecular weight is 563 g/mol. The molecule has 3 nitrogen and oxygen atoms in total. The van der Waals surface area contributed by atoms with E-state index in [0.717, 1.165) is 33.8 Å². The van der Waals surface area contributed by atoms with Crippen LogP contribution in [0.2, 0.25) is 10.0 Å². The van der Waals surface area contributed by atoms with Gasteiger partial charge in [-0.3, -0.25) is 4.57 Å². The SMILES string of the molecule is Cc1cc(C)c(-n2c(-c3ccc(N(Cc4ccccc4)c4cccc(Cl)c4Cl)cc3)nc3ccccc32)c(C)c1. The molecule has 1 heterocycles. The largest absolute Gasteiger partial charge is 0.336 e. The van der Waals surface area contributed by atoms with Crippen LogP contribution in [0.25, 0.3) is 28.1 Å². The minimum atomic E-state index is 0.534. The highest BCUT2D eigenvalue weighted by atomic mass is 35.5. The van der Waals surface area contributed by atoms with Crippen molar-refractivity contribution in [2.75, 3.05) is 4.90 Å². The van der Waals surface area contributed by atoms with E-state index < -0.39 is 0 Å². The highest BCUT2D eigenvalue weighted by Gasteiger charge is 2.19. The van der Waals surface area contributed by atoms with E-state index in [0.29, 0.717) is 16.6 Å². The van der Waals surface area contributed by atoms with Gasteiger partial charge in [0.25, 0.3) is 0 Å². The molecule has 198 valence electrons. The summed E-state index contributed by atoms with van der Waals surface area (Å²) in [5.41, 5.74) is 11.0. The van der Waals surface area contributed by atoms with Crippen molar-refractivity contribution in [3.63, 3.8) is 0 Å². The summed E-state index contributed by atoms with van der Waals surface area (Å²) in [5.74, 6) is 0.915. The molecule has 0 radical (unpaired) electrons. The van der Waals surface area contributed by atoms with Gasteiger partial charge in [-0.25, -0.2) is 4.98 Å². The molecule has 5 heteroatoms. The first-order chi connectivity index (χ1) is 19.4. The Morgan fingerprint density at radius 2 is 1.40 bits per heavy atom. The summed E-state index contributed by atoms with van der Waals surface area (Å²) in [4.78, 5) is 7.30. The monoisotopic (exact) mass is 561 g/mol. The molecule has 0 aliphatic rings. The summed E-state index contributed by atoms with van der Waals surface area (Å²) < 4.78 is 2.30. The van der Waals surface area contributed by atoms with Crippen LogP contribution in [0.4, 0.5) is 11.4 Å². The Kier molecular flexibility index (Phi) is 7.10. The van der Waals surface area contributed by atoms with Crippen molar-refractivity contribution in [2.45, 2.75) is 27.3 Å². The van der Waals surface area contributed by atoms with E-state index in [9.17, 15) is 0 Å². The summed E-state index contributed by atoms with van der Waals surface area (Å²) in [7, 11) is 0. The minimum Gasteiger partial charge on any atom is -0.336 e. The van der Waals surface area contributed by atoms with E-state index in [4.69, 9.17) is 28.2 Å². The number of hydrogen-bond acceptors (Lipinski definition) is 2. The molecule has 0 spiro atoms. The van der Waals surface area contributed by atoms with Crippen molar-refractivity contribution in [3.8, 4) is 17.1 Å². The van der Waals surface area contributed by atoms with E-state index in [1.807, 2.05) is 30.3 Å². The minimum absolute atomic E-state index is 0.534. The van der Waals surface area contributed by atoms with Crippen LogP contribution in [-0.2, 0) is 6.54 Å². The molecule has 0 fully saturated rings. The van der Waals surface area contributed by atoms with Crippen molar-refractivity contribution < 1.29 is 0 Å². The van der Waals surface area contributed by atoms with Crippen LogP contribution < -0.4 is 4.90 Å². The molecule has 0 aliphatic carbocycles. The number of rotatable bonds is 6. The third-order valence-corrected chi connectivity index (χ3v) is 8.07. The van der Waals surface area contributed by atoms with Crippen LogP contribution in [0, 0.1) is 20.8 Å². The first-order valence-corrected chi connectivity index (χ1v) is 14.1. The second kappa shape index (κ2) is 10.8. The van der Waals surface area contributed by atoms with E-state index in [1.165, 1.54) is 27.9 Å². The van der Waals surface area contributed by atoms with Gasteiger partial charge in [0.05, 0.1) is 32.5 Å². The van der Waals surface area contributed by atoms with Crippen molar-refractivity contribution in [3.05, 3.63) is 141 Å². The molecule has 6 rings (SSSR count). The van der Waals surface area contributed by atoms with Gasteiger partial charge in [-0.15, -0.1) is 0 Å². The Morgan fingerprint density at radius 1 is 0.725 bits per heavy atom. The van der Waals surface area contributed by atoms with E-state index in [1.54, 1.807) is 0 Å². The molecule has 0 aliphatic heterocycles. The molecule has 1 aromatic heterocycles. The third kappa shape index (κ3) is 4.88. The van der Waals surface area contributed by atoms with Gasteiger partial charge < -0.3 is 4.90 Å². The molecule has 0 N–H and O–H groups in total. The predicted molar refractivity (Wildman–Crippen MR) is 169 cm³/mol. The van der Waals surface area contributed by atoms with Crippen LogP contribution in [0.15, 0.2) is 109 Å². The lowest BCUT2D eigenvalue weighted by Gasteiger charge is -2.27. The number of para-hydroxylation sites is 2. The number of nitrogens with zero attached hydrogens (tertiary/aromatic N) is 3. The second-order valence-electron chi connectivity index (χ2n) is 10.2. The maximum Gasteiger partial charge on any atom is 0.145 e. The lowest BCUT2D eigenvalue weighted by atomic mass is 10.0. The van der Waals surface area contributed by atoms with Crippen LogP contribution in [-0.4, -0.2) is 9.55 Å². The van der Waals surface area contributed by atoms with E-state index >= 15 is 0 Å². The fourth-order valence-corrected chi connectivity index (χ4v) is 5.94. The Labute approximate surface area is 245 Å². The molecule has 0 unspecified atom stereocenters. The number of aryl methyl sites for hydroxylation is 3. The van der Waals surface area contributed by atoms with Crippen LogP contribution in [0.3, 0.4) is 0 Å². The number of fused-ring (bicyclic) bond motifs is 1. The molecule has 0 saturated heterocycles. The normalized spacial score (nSPS) is 11.2. The Balaban J connectivity index is 1.48. The zero-order chi connectivity index (χ0) is 27.8. The predicted octanol–water partition coefficient (Wildman–Crippen LogP) is 10.3. The van der Waals surface area contributed by atoms with Crippen molar-refractivity contribution >= 4 is 45.6 Å². The van der Waals surface area contributed by atoms with Crippen molar-refractivity contribution in [1.82, 2.24) is 9.55 Å². The van der Waals surface area contributed by atoms with Crippen molar-refractivity contribution in [1.29, 1.82) is 0 Å². The van der Waals surface area contributed by atoms with Gasteiger partial charge in [-0.05, 0) is 86.0 Å². The van der Waals surface area contributed by atoms with Gasteiger partial charge in [0, 0.05) is 17.8 Å². The highest BCUT2D eigenvalue weighted by molar-refractivity contribution is 6.43. The van der Waals surface area contributed by atoms with Gasteiger partial charge in [0.15, 0.2) is 0 Å². The summed E-state index contributed by atoms with van der Waals surface area (Å²) in [6.45, 7) is 7.14. The summed E-state index contributed by atoms with van der Waals surface area (Å²) in [5, 5.41) is 1.07. The second-order valence-corrected chi connectivity index (χ2v) is 11.0. The Hall–Kier alpha value is -4.05. The van der Waals surface area contributed by atoms with Gasteiger partial charge in [0.2, 0.25) is 0 Å². The molecule has 0 atom stereocenters. The number of imidazole rings is 1. The quantitative estimate of drug-likeness (QED) is 0.201. The van der Waals surface area contributed by atoms with Gasteiger partial charge in [-0.1, -0.05) is 89.4 Å². The van der Waals surface area contributed by atoms with E-state index in [2.05, 4.69) is 109 Å². The molecule has 5 aromatic carbocycles. The molecule has 6 aromatic rings. The zero-order valence-corrected chi connectivity index (χ0v) is 24.2. The Morgan fingerprint density at radius 3 is 2.12 bits per heavy atom. The molecule has 0 saturated carbocycles. The number of hydrogen-bond donors (Lipinski definition) is 0. The molecular formula is C35H29Cl2N3. The number of benzene rings is 5. The lowest BCUT2D eigenvalue weighted by Crippen LogP contribution is -2.17.